The van der Waals surface area contributed by atoms with Crippen LogP contribution in [0.4, 0.5) is 0 Å². The number of carbonyl (C=O) groups is 4. The summed E-state index contributed by atoms with van der Waals surface area (Å²) in [6, 6.07) is 2.90. The van der Waals surface area contributed by atoms with E-state index in [1.807, 2.05) is 0 Å². The summed E-state index contributed by atoms with van der Waals surface area (Å²) in [5.41, 5.74) is 0.234. The molecule has 1 fully saturated rings. The molecule has 1 aromatic rings. The Balaban J connectivity index is 1.98. The average Bonchev–Trinajstić information content (AvgIpc) is 2.69. The minimum absolute atomic E-state index is 0.0763. The molecule has 7 nitrogen and oxygen atoms in total. The first-order valence-corrected chi connectivity index (χ1v) is 6.43. The Morgan fingerprint density at radius 2 is 1.76 bits per heavy atom. The Kier molecular flexibility index (Phi) is 2.79. The molecule has 2 aliphatic heterocycles. The summed E-state index contributed by atoms with van der Waals surface area (Å²) in [7, 11) is 1.33. The van der Waals surface area contributed by atoms with Crippen LogP contribution in [0.3, 0.4) is 0 Å². The quantitative estimate of drug-likeness (QED) is 0.741. The molecule has 1 atom stereocenters. The monoisotopic (exact) mass is 288 g/mol. The molecule has 1 unspecified atom stereocenters. The van der Waals surface area contributed by atoms with Gasteiger partial charge in [0.05, 0.1) is 11.1 Å². The van der Waals surface area contributed by atoms with Gasteiger partial charge in [-0.15, -0.1) is 0 Å². The molecule has 3 rings (SSSR count). The van der Waals surface area contributed by atoms with Crippen LogP contribution >= 0.6 is 0 Å². The molecule has 4 amide bonds. The smallest absolute Gasteiger partial charge is 0.262 e. The topological polar surface area (TPSA) is 95.0 Å². The lowest BCUT2D eigenvalue weighted by atomic mass is 10.0. The van der Waals surface area contributed by atoms with E-state index in [-0.39, 0.29) is 35.6 Å². The van der Waals surface area contributed by atoms with Crippen molar-refractivity contribution in [1.29, 1.82) is 0 Å². The Hall–Kier alpha value is -2.70. The standard InChI is InChI=1S/C14H12N2O5/c1-15-11(18)5-4-10(14(15)21)16-12(19)8-3-2-7(17)6-9(8)13(16)20/h2-3,6,10,17H,4-5H2,1H3. The third kappa shape index (κ3) is 1.81. The van der Waals surface area contributed by atoms with Gasteiger partial charge in [0.1, 0.15) is 11.8 Å². The number of hydrogen-bond donors (Lipinski definition) is 1. The van der Waals surface area contributed by atoms with Crippen LogP contribution in [-0.2, 0) is 9.59 Å². The third-order valence-corrected chi connectivity index (χ3v) is 3.83. The highest BCUT2D eigenvalue weighted by Gasteiger charge is 2.46. The first-order chi connectivity index (χ1) is 9.91. The van der Waals surface area contributed by atoms with Crippen LogP contribution < -0.4 is 0 Å². The molecule has 1 aromatic carbocycles. The third-order valence-electron chi connectivity index (χ3n) is 3.83. The van der Waals surface area contributed by atoms with Gasteiger partial charge < -0.3 is 5.11 Å². The number of piperidine rings is 1. The van der Waals surface area contributed by atoms with E-state index in [0.29, 0.717) is 0 Å². The first kappa shape index (κ1) is 13.3. The molecule has 2 aliphatic rings. The molecule has 0 aliphatic carbocycles. The van der Waals surface area contributed by atoms with Gasteiger partial charge in [-0.1, -0.05) is 0 Å². The van der Waals surface area contributed by atoms with Crippen LogP contribution in [0.5, 0.6) is 5.75 Å². The van der Waals surface area contributed by atoms with Crippen LogP contribution in [0.2, 0.25) is 0 Å². The number of likely N-dealkylation sites (N-methyl/N-ethyl adjacent to an activating group) is 1. The van der Waals surface area contributed by atoms with E-state index < -0.39 is 23.8 Å². The maximum atomic E-state index is 12.3. The van der Waals surface area contributed by atoms with Crippen LogP contribution in [-0.4, -0.2) is 51.6 Å². The van der Waals surface area contributed by atoms with E-state index in [1.54, 1.807) is 0 Å². The van der Waals surface area contributed by atoms with Crippen LogP contribution in [0.15, 0.2) is 18.2 Å². The Labute approximate surface area is 119 Å². The highest BCUT2D eigenvalue weighted by Crippen LogP contribution is 2.30. The molecule has 1 saturated heterocycles. The van der Waals surface area contributed by atoms with E-state index in [1.165, 1.54) is 25.2 Å². The number of aromatic hydroxyl groups is 1. The van der Waals surface area contributed by atoms with Gasteiger partial charge in [0.25, 0.3) is 17.7 Å². The molecule has 7 heteroatoms. The lowest BCUT2D eigenvalue weighted by Crippen LogP contribution is -2.54. The Bertz CT molecular complexity index is 697. The van der Waals surface area contributed by atoms with Gasteiger partial charge in [-0.25, -0.2) is 0 Å². The van der Waals surface area contributed by atoms with E-state index in [4.69, 9.17) is 0 Å². The number of nitrogens with zero attached hydrogens (tertiary/aromatic N) is 2. The van der Waals surface area contributed by atoms with Crippen LogP contribution in [0.1, 0.15) is 33.6 Å². The predicted octanol–water partition coefficient (Wildman–Crippen LogP) is 0.136. The van der Waals surface area contributed by atoms with Gasteiger partial charge in [0, 0.05) is 13.5 Å². The fraction of sp³-hybridized carbons (Fsp3) is 0.286. The number of phenolic OH excluding ortho intramolecular Hbond substituents is 1. The first-order valence-electron chi connectivity index (χ1n) is 6.43. The van der Waals surface area contributed by atoms with Gasteiger partial charge in [-0.2, -0.15) is 0 Å². The Morgan fingerprint density at radius 3 is 2.48 bits per heavy atom. The van der Waals surface area contributed by atoms with Gasteiger partial charge in [0.2, 0.25) is 5.91 Å². The van der Waals surface area contributed by atoms with Crippen molar-refractivity contribution in [1.82, 2.24) is 9.80 Å². The van der Waals surface area contributed by atoms with Crippen LogP contribution in [0, 0.1) is 0 Å². The van der Waals surface area contributed by atoms with E-state index in [2.05, 4.69) is 0 Å². The number of imide groups is 2. The summed E-state index contributed by atoms with van der Waals surface area (Å²) >= 11 is 0. The number of benzene rings is 1. The van der Waals surface area contributed by atoms with Crippen molar-refractivity contribution in [2.45, 2.75) is 18.9 Å². The second-order valence-electron chi connectivity index (χ2n) is 5.06. The van der Waals surface area contributed by atoms with Gasteiger partial charge in [0.15, 0.2) is 0 Å². The van der Waals surface area contributed by atoms with Crippen molar-refractivity contribution in [3.63, 3.8) is 0 Å². The number of fused-ring (bicyclic) bond motifs is 1. The zero-order chi connectivity index (χ0) is 15.3. The molecular formula is C14H12N2O5. The minimum atomic E-state index is -0.970. The second kappa shape index (κ2) is 4.41. The van der Waals surface area contributed by atoms with Crippen molar-refractivity contribution >= 4 is 23.6 Å². The van der Waals surface area contributed by atoms with Crippen molar-refractivity contribution in [2.24, 2.45) is 0 Å². The van der Waals surface area contributed by atoms with Crippen molar-refractivity contribution < 1.29 is 24.3 Å². The van der Waals surface area contributed by atoms with Gasteiger partial charge >= 0.3 is 0 Å². The SMILES string of the molecule is CN1C(=O)CCC(N2C(=O)c3ccc(O)cc3C2=O)C1=O. The summed E-state index contributed by atoms with van der Waals surface area (Å²) in [6.45, 7) is 0. The molecule has 21 heavy (non-hydrogen) atoms. The highest BCUT2D eigenvalue weighted by atomic mass is 16.3. The molecule has 0 spiro atoms. The van der Waals surface area contributed by atoms with E-state index in [9.17, 15) is 24.3 Å². The zero-order valence-corrected chi connectivity index (χ0v) is 11.2. The van der Waals surface area contributed by atoms with Gasteiger partial charge in [-0.05, 0) is 24.6 Å². The average molecular weight is 288 g/mol. The lowest BCUT2D eigenvalue weighted by molar-refractivity contribution is -0.149. The van der Waals surface area contributed by atoms with Crippen molar-refractivity contribution in [3.05, 3.63) is 29.3 Å². The normalized spacial score (nSPS) is 22.0. The summed E-state index contributed by atoms with van der Waals surface area (Å²) in [6.07, 6.45) is 0.227. The molecule has 0 radical (unpaired) electrons. The maximum Gasteiger partial charge on any atom is 0.262 e. The Morgan fingerprint density at radius 1 is 1.10 bits per heavy atom. The second-order valence-corrected chi connectivity index (χ2v) is 5.06. The fourth-order valence-electron chi connectivity index (χ4n) is 2.67. The number of likely N-dealkylation sites (tertiary alicyclic amines) is 1. The molecule has 108 valence electrons. The fourth-order valence-corrected chi connectivity index (χ4v) is 2.67. The molecule has 2 heterocycles. The largest absolute Gasteiger partial charge is 0.508 e. The number of amides is 4. The minimum Gasteiger partial charge on any atom is -0.508 e. The van der Waals surface area contributed by atoms with E-state index >= 15 is 0 Å². The summed E-state index contributed by atoms with van der Waals surface area (Å²) < 4.78 is 0. The number of phenols is 1. The maximum absolute atomic E-state index is 12.3. The predicted molar refractivity (Wildman–Crippen MR) is 69.4 cm³/mol. The molecular weight excluding hydrogens is 276 g/mol. The number of carbonyl (C=O) groups excluding carboxylic acids is 4. The number of rotatable bonds is 1. The van der Waals surface area contributed by atoms with Crippen molar-refractivity contribution in [3.8, 4) is 5.75 Å². The summed E-state index contributed by atoms with van der Waals surface area (Å²) in [5, 5.41) is 9.42. The molecule has 1 N–H and O–H groups in total. The van der Waals surface area contributed by atoms with Crippen LogP contribution in [0.25, 0.3) is 0 Å². The molecule has 0 bridgehead atoms. The van der Waals surface area contributed by atoms with Gasteiger partial charge in [-0.3, -0.25) is 29.0 Å². The summed E-state index contributed by atoms with van der Waals surface area (Å²) in [4.78, 5) is 50.1. The zero-order valence-electron chi connectivity index (χ0n) is 11.2. The van der Waals surface area contributed by atoms with Crippen molar-refractivity contribution in [2.75, 3.05) is 7.05 Å². The molecule has 0 aromatic heterocycles. The number of hydrogen-bond acceptors (Lipinski definition) is 5. The molecule has 0 saturated carbocycles. The lowest BCUT2D eigenvalue weighted by Gasteiger charge is -2.32. The van der Waals surface area contributed by atoms with E-state index in [0.717, 1.165) is 9.80 Å². The highest BCUT2D eigenvalue weighted by molar-refractivity contribution is 6.23. The summed E-state index contributed by atoms with van der Waals surface area (Å²) in [5.74, 6) is -2.21.